The highest BCUT2D eigenvalue weighted by molar-refractivity contribution is 7.99. The van der Waals surface area contributed by atoms with Crippen molar-refractivity contribution in [2.45, 2.75) is 26.7 Å². The molecule has 0 fully saturated rings. The average Bonchev–Trinajstić information content (AvgIpc) is 2.29. The van der Waals surface area contributed by atoms with Crippen molar-refractivity contribution in [3.63, 3.8) is 0 Å². The third-order valence-electron chi connectivity index (χ3n) is 2.43. The lowest BCUT2D eigenvalue weighted by molar-refractivity contribution is -0.116. The molecule has 3 nitrogen and oxygen atoms in total. The predicted molar refractivity (Wildman–Crippen MR) is 76.5 cm³/mol. The maximum absolute atomic E-state index is 11.7. The first kappa shape index (κ1) is 13.9. The molecule has 0 radical (unpaired) electrons. The van der Waals surface area contributed by atoms with Crippen LogP contribution in [0.5, 0.6) is 0 Å². The van der Waals surface area contributed by atoms with Crippen molar-refractivity contribution >= 4 is 29.0 Å². The highest BCUT2D eigenvalue weighted by Crippen LogP contribution is 2.18. The van der Waals surface area contributed by atoms with Crippen molar-refractivity contribution in [1.29, 1.82) is 0 Å². The molecule has 4 heteroatoms. The van der Waals surface area contributed by atoms with Gasteiger partial charge in [0, 0.05) is 17.8 Å². The van der Waals surface area contributed by atoms with Gasteiger partial charge in [-0.3, -0.25) is 4.79 Å². The second-order valence-electron chi connectivity index (χ2n) is 3.92. The van der Waals surface area contributed by atoms with Crippen LogP contribution >= 0.6 is 11.8 Å². The first-order valence-corrected chi connectivity index (χ1v) is 7.02. The summed E-state index contributed by atoms with van der Waals surface area (Å²) >= 11 is 1.86. The smallest absolute Gasteiger partial charge is 0.224 e. The lowest BCUT2D eigenvalue weighted by Crippen LogP contribution is -2.12. The van der Waals surface area contributed by atoms with Gasteiger partial charge in [0.1, 0.15) is 0 Å². The molecule has 3 N–H and O–H groups in total. The minimum Gasteiger partial charge on any atom is -0.399 e. The molecule has 1 aromatic rings. The summed E-state index contributed by atoms with van der Waals surface area (Å²) < 4.78 is 0. The lowest BCUT2D eigenvalue weighted by atomic mass is 10.1. The number of aryl methyl sites for hydroxylation is 1. The number of thioether (sulfide) groups is 1. The van der Waals surface area contributed by atoms with E-state index in [1.807, 2.05) is 30.8 Å². The number of hydrogen-bond acceptors (Lipinski definition) is 3. The topological polar surface area (TPSA) is 55.1 Å². The van der Waals surface area contributed by atoms with Gasteiger partial charge in [0.2, 0.25) is 5.91 Å². The van der Waals surface area contributed by atoms with Gasteiger partial charge >= 0.3 is 0 Å². The molecule has 1 rings (SSSR count). The highest BCUT2D eigenvalue weighted by Gasteiger charge is 2.04. The predicted octanol–water partition coefficient (Wildman–Crippen LogP) is 3.05. The molecule has 0 unspecified atom stereocenters. The zero-order chi connectivity index (χ0) is 12.7. The standard InChI is InChI=1S/C13H20N2OS/c1-3-17-8-4-5-13(16)15-12-9-11(14)7-6-10(12)2/h6-7,9H,3-5,8,14H2,1-2H3,(H,15,16). The van der Waals surface area contributed by atoms with E-state index in [0.717, 1.165) is 29.2 Å². The molecule has 17 heavy (non-hydrogen) atoms. The minimum absolute atomic E-state index is 0.0652. The van der Waals surface area contributed by atoms with E-state index in [1.54, 1.807) is 6.07 Å². The molecule has 1 aromatic carbocycles. The summed E-state index contributed by atoms with van der Waals surface area (Å²) in [4.78, 5) is 11.7. The Morgan fingerprint density at radius 2 is 2.24 bits per heavy atom. The summed E-state index contributed by atoms with van der Waals surface area (Å²) in [6.07, 6.45) is 1.49. The van der Waals surface area contributed by atoms with Crippen molar-refractivity contribution < 1.29 is 4.79 Å². The van der Waals surface area contributed by atoms with Gasteiger partial charge in [-0.2, -0.15) is 11.8 Å². The Kier molecular flexibility index (Phi) is 5.91. The van der Waals surface area contributed by atoms with Crippen LogP contribution in [0, 0.1) is 6.92 Å². The van der Waals surface area contributed by atoms with Crippen LogP contribution in [0.4, 0.5) is 11.4 Å². The molecular weight excluding hydrogens is 232 g/mol. The van der Waals surface area contributed by atoms with E-state index in [1.165, 1.54) is 0 Å². The number of benzene rings is 1. The van der Waals surface area contributed by atoms with Gasteiger partial charge in [0.25, 0.3) is 0 Å². The fraction of sp³-hybridized carbons (Fsp3) is 0.462. The van der Waals surface area contributed by atoms with Gasteiger partial charge in [-0.25, -0.2) is 0 Å². The summed E-state index contributed by atoms with van der Waals surface area (Å²) in [6, 6.07) is 5.55. The second kappa shape index (κ2) is 7.22. The zero-order valence-electron chi connectivity index (χ0n) is 10.5. The van der Waals surface area contributed by atoms with Gasteiger partial charge in [-0.05, 0) is 42.5 Å². The molecule has 0 bridgehead atoms. The van der Waals surface area contributed by atoms with Gasteiger partial charge in [-0.1, -0.05) is 13.0 Å². The maximum Gasteiger partial charge on any atom is 0.224 e. The Morgan fingerprint density at radius 1 is 1.47 bits per heavy atom. The summed E-state index contributed by atoms with van der Waals surface area (Å²) in [5, 5.41) is 2.90. The molecule has 0 aromatic heterocycles. The summed E-state index contributed by atoms with van der Waals surface area (Å²) in [5.41, 5.74) is 8.22. The van der Waals surface area contributed by atoms with Crippen molar-refractivity contribution in [3.8, 4) is 0 Å². The number of nitrogen functional groups attached to an aromatic ring is 1. The largest absolute Gasteiger partial charge is 0.399 e. The first-order valence-electron chi connectivity index (χ1n) is 5.87. The Labute approximate surface area is 107 Å². The molecule has 0 saturated heterocycles. The summed E-state index contributed by atoms with van der Waals surface area (Å²) in [6.45, 7) is 4.09. The molecule has 1 amide bonds. The highest BCUT2D eigenvalue weighted by atomic mass is 32.2. The van der Waals surface area contributed by atoms with Crippen molar-refractivity contribution in [2.75, 3.05) is 22.6 Å². The quantitative estimate of drug-likeness (QED) is 0.604. The fourth-order valence-corrected chi connectivity index (χ4v) is 2.10. The Balaban J connectivity index is 2.42. The number of carbonyl (C=O) groups excluding carboxylic acids is 1. The number of anilines is 2. The monoisotopic (exact) mass is 252 g/mol. The third kappa shape index (κ3) is 5.13. The van der Waals surface area contributed by atoms with E-state index in [-0.39, 0.29) is 5.91 Å². The van der Waals surface area contributed by atoms with Crippen molar-refractivity contribution in [1.82, 2.24) is 0 Å². The lowest BCUT2D eigenvalue weighted by Gasteiger charge is -2.09. The van der Waals surface area contributed by atoms with E-state index >= 15 is 0 Å². The second-order valence-corrected chi connectivity index (χ2v) is 5.32. The normalized spacial score (nSPS) is 10.2. The fourth-order valence-electron chi connectivity index (χ4n) is 1.47. The summed E-state index contributed by atoms with van der Waals surface area (Å²) in [5.74, 6) is 2.21. The van der Waals surface area contributed by atoms with Crippen LogP contribution in [0.3, 0.4) is 0 Å². The number of nitrogens with one attached hydrogen (secondary N) is 1. The van der Waals surface area contributed by atoms with Gasteiger partial charge < -0.3 is 11.1 Å². The van der Waals surface area contributed by atoms with E-state index < -0.39 is 0 Å². The number of carbonyl (C=O) groups is 1. The number of amides is 1. The molecular formula is C13H20N2OS. The Hall–Kier alpha value is -1.16. The molecule has 94 valence electrons. The SMILES string of the molecule is CCSCCCC(=O)Nc1cc(N)ccc1C. The molecule has 0 spiro atoms. The van der Waals surface area contributed by atoms with E-state index in [4.69, 9.17) is 5.73 Å². The van der Waals surface area contributed by atoms with E-state index in [2.05, 4.69) is 12.2 Å². The van der Waals surface area contributed by atoms with Crippen LogP contribution < -0.4 is 11.1 Å². The van der Waals surface area contributed by atoms with Crippen molar-refractivity contribution in [2.24, 2.45) is 0 Å². The number of nitrogens with two attached hydrogens (primary N) is 1. The molecule has 0 aliphatic rings. The maximum atomic E-state index is 11.7. The Bertz CT molecular complexity index is 380. The summed E-state index contributed by atoms with van der Waals surface area (Å²) in [7, 11) is 0. The molecule has 0 aliphatic heterocycles. The van der Waals surface area contributed by atoms with Crippen LogP contribution in [-0.2, 0) is 4.79 Å². The molecule has 0 saturated carbocycles. The van der Waals surface area contributed by atoms with Crippen LogP contribution in [0.25, 0.3) is 0 Å². The molecule has 0 atom stereocenters. The van der Waals surface area contributed by atoms with E-state index in [0.29, 0.717) is 12.1 Å². The van der Waals surface area contributed by atoms with E-state index in [9.17, 15) is 4.79 Å². The average molecular weight is 252 g/mol. The Morgan fingerprint density at radius 3 is 2.94 bits per heavy atom. The zero-order valence-corrected chi connectivity index (χ0v) is 11.3. The van der Waals surface area contributed by atoms with Crippen LogP contribution in [0.15, 0.2) is 18.2 Å². The van der Waals surface area contributed by atoms with Gasteiger partial charge in [-0.15, -0.1) is 0 Å². The van der Waals surface area contributed by atoms with Gasteiger partial charge in [0.15, 0.2) is 0 Å². The van der Waals surface area contributed by atoms with Gasteiger partial charge in [0.05, 0.1) is 0 Å². The first-order chi connectivity index (χ1) is 8.13. The van der Waals surface area contributed by atoms with Crippen molar-refractivity contribution in [3.05, 3.63) is 23.8 Å². The number of rotatable bonds is 6. The molecule has 0 aliphatic carbocycles. The van der Waals surface area contributed by atoms with Crippen LogP contribution in [0.2, 0.25) is 0 Å². The van der Waals surface area contributed by atoms with Crippen LogP contribution in [0.1, 0.15) is 25.3 Å². The third-order valence-corrected chi connectivity index (χ3v) is 3.42. The van der Waals surface area contributed by atoms with Crippen LogP contribution in [-0.4, -0.2) is 17.4 Å². The molecule has 0 heterocycles. The minimum atomic E-state index is 0.0652. The number of hydrogen-bond donors (Lipinski definition) is 2.